The lowest BCUT2D eigenvalue weighted by Gasteiger charge is -2.35. The molecule has 0 radical (unpaired) electrons. The number of hydrogen-bond acceptors (Lipinski definition) is 6. The van der Waals surface area contributed by atoms with E-state index in [2.05, 4.69) is 37.0 Å². The Morgan fingerprint density at radius 1 is 1.07 bits per heavy atom. The van der Waals surface area contributed by atoms with E-state index in [1.807, 2.05) is 12.1 Å². The van der Waals surface area contributed by atoms with Crippen LogP contribution in [0.15, 0.2) is 48.7 Å². The number of carbonyl (C=O) groups is 2. The molecule has 1 aromatic carbocycles. The second-order valence-electron chi connectivity index (χ2n) is 6.85. The van der Waals surface area contributed by atoms with Crippen LogP contribution in [-0.2, 0) is 4.79 Å². The highest BCUT2D eigenvalue weighted by molar-refractivity contribution is 7.13. The number of anilines is 2. The van der Waals surface area contributed by atoms with Crippen molar-refractivity contribution in [1.29, 1.82) is 0 Å². The van der Waals surface area contributed by atoms with Gasteiger partial charge in [-0.05, 0) is 42.7 Å². The molecule has 9 heteroatoms. The van der Waals surface area contributed by atoms with E-state index in [1.165, 1.54) is 11.5 Å². The van der Waals surface area contributed by atoms with E-state index in [1.54, 1.807) is 36.2 Å². The molecule has 4 rings (SSSR count). The Kier molecular flexibility index (Phi) is 5.57. The molecule has 1 atom stereocenters. The number of rotatable bonds is 4. The number of pyridine rings is 1. The molecule has 3 amide bonds. The molecule has 1 unspecified atom stereocenters. The summed E-state index contributed by atoms with van der Waals surface area (Å²) in [6.45, 7) is 4.22. The Bertz CT molecular complexity index is 1000. The molecule has 1 aliphatic rings. The molecule has 0 saturated carbocycles. The van der Waals surface area contributed by atoms with E-state index in [4.69, 9.17) is 0 Å². The van der Waals surface area contributed by atoms with Crippen molar-refractivity contribution in [2.24, 2.45) is 0 Å². The van der Waals surface area contributed by atoms with E-state index in [0.29, 0.717) is 32.0 Å². The summed E-state index contributed by atoms with van der Waals surface area (Å²) in [6, 6.07) is 12.5. The van der Waals surface area contributed by atoms with E-state index in [9.17, 15) is 9.59 Å². The van der Waals surface area contributed by atoms with Crippen LogP contribution in [0.25, 0.3) is 10.1 Å². The fraction of sp³-hybridized carbons (Fsp3) is 0.300. The van der Waals surface area contributed by atoms with Crippen LogP contribution in [0.2, 0.25) is 0 Å². The zero-order valence-corrected chi connectivity index (χ0v) is 16.9. The Morgan fingerprint density at radius 2 is 1.83 bits per heavy atom. The van der Waals surface area contributed by atoms with E-state index < -0.39 is 6.04 Å². The summed E-state index contributed by atoms with van der Waals surface area (Å²) < 4.78 is 5.75. The van der Waals surface area contributed by atoms with Crippen LogP contribution in [0.1, 0.15) is 6.92 Å². The van der Waals surface area contributed by atoms with Gasteiger partial charge >= 0.3 is 6.03 Å². The van der Waals surface area contributed by atoms with Crippen molar-refractivity contribution < 1.29 is 9.59 Å². The first-order valence-corrected chi connectivity index (χ1v) is 10.3. The number of piperazine rings is 1. The first kappa shape index (κ1) is 19.1. The average Bonchev–Trinajstić information content (AvgIpc) is 3.18. The van der Waals surface area contributed by atoms with Gasteiger partial charge in [-0.3, -0.25) is 4.79 Å². The number of amides is 3. The summed E-state index contributed by atoms with van der Waals surface area (Å²) in [6.07, 6.45) is 1.60. The summed E-state index contributed by atoms with van der Waals surface area (Å²) in [5, 5.41) is 6.61. The van der Waals surface area contributed by atoms with Crippen molar-refractivity contribution in [1.82, 2.24) is 19.6 Å². The van der Waals surface area contributed by atoms with Gasteiger partial charge in [0.05, 0.1) is 4.70 Å². The van der Waals surface area contributed by atoms with Gasteiger partial charge < -0.3 is 20.4 Å². The van der Waals surface area contributed by atoms with Gasteiger partial charge in [0.2, 0.25) is 5.91 Å². The molecular weight excluding hydrogens is 388 g/mol. The van der Waals surface area contributed by atoms with Crippen LogP contribution in [0.5, 0.6) is 0 Å². The molecule has 3 aromatic rings. The maximum atomic E-state index is 12.6. The monoisotopic (exact) mass is 410 g/mol. The summed E-state index contributed by atoms with van der Waals surface area (Å²) in [5.41, 5.74) is 0. The molecule has 0 bridgehead atoms. The Morgan fingerprint density at radius 3 is 2.59 bits per heavy atom. The van der Waals surface area contributed by atoms with Crippen LogP contribution in [-0.4, -0.2) is 58.4 Å². The maximum absolute atomic E-state index is 12.6. The quantitative estimate of drug-likeness (QED) is 0.690. The van der Waals surface area contributed by atoms with Crippen molar-refractivity contribution in [2.75, 3.05) is 36.4 Å². The van der Waals surface area contributed by atoms with E-state index in [0.717, 1.165) is 15.9 Å². The smallest absolute Gasteiger partial charge is 0.318 e. The van der Waals surface area contributed by atoms with Gasteiger partial charge in [-0.25, -0.2) is 9.78 Å². The first-order valence-electron chi connectivity index (χ1n) is 9.48. The van der Waals surface area contributed by atoms with Crippen molar-refractivity contribution in [3.8, 4) is 0 Å². The standard InChI is InChI=1S/C20H22N6O2S/c1-14(19(27)23-17-8-4-5-9-21-17)22-20(28)26-12-10-25(11-13-26)18-15-6-2-3-7-16(15)29-24-18/h2-9,14H,10-13H2,1H3,(H,22,28)(H,21,23,27). The number of urea groups is 1. The minimum Gasteiger partial charge on any atom is -0.352 e. The molecular formula is C20H22N6O2S. The fourth-order valence-corrected chi connectivity index (χ4v) is 4.03. The van der Waals surface area contributed by atoms with Gasteiger partial charge in [0.15, 0.2) is 0 Å². The van der Waals surface area contributed by atoms with Gasteiger partial charge in [0.25, 0.3) is 0 Å². The third-order valence-corrected chi connectivity index (χ3v) is 5.69. The number of aromatic nitrogens is 2. The highest BCUT2D eigenvalue weighted by Crippen LogP contribution is 2.29. The van der Waals surface area contributed by atoms with Crippen molar-refractivity contribution in [3.63, 3.8) is 0 Å². The zero-order chi connectivity index (χ0) is 20.2. The molecule has 3 heterocycles. The SMILES string of the molecule is CC(NC(=O)N1CCN(c2nsc3ccccc23)CC1)C(=O)Nc1ccccn1. The van der Waals surface area contributed by atoms with Crippen LogP contribution in [0.4, 0.5) is 16.4 Å². The fourth-order valence-electron chi connectivity index (χ4n) is 3.24. The highest BCUT2D eigenvalue weighted by Gasteiger charge is 2.25. The maximum Gasteiger partial charge on any atom is 0.318 e. The molecule has 8 nitrogen and oxygen atoms in total. The molecule has 2 aromatic heterocycles. The second kappa shape index (κ2) is 8.44. The minimum atomic E-state index is -0.662. The number of nitrogens with zero attached hydrogens (tertiary/aromatic N) is 4. The lowest BCUT2D eigenvalue weighted by atomic mass is 10.2. The normalized spacial score (nSPS) is 15.2. The first-order chi connectivity index (χ1) is 14.1. The summed E-state index contributed by atoms with van der Waals surface area (Å²) in [7, 11) is 0. The third kappa shape index (κ3) is 4.29. The number of nitrogens with one attached hydrogen (secondary N) is 2. The number of benzene rings is 1. The molecule has 2 N–H and O–H groups in total. The molecule has 1 fully saturated rings. The Labute approximate surface area is 172 Å². The summed E-state index contributed by atoms with van der Waals surface area (Å²) in [4.78, 5) is 32.8. The van der Waals surface area contributed by atoms with Gasteiger partial charge in [-0.1, -0.05) is 18.2 Å². The van der Waals surface area contributed by atoms with Gasteiger partial charge in [0, 0.05) is 37.8 Å². The lowest BCUT2D eigenvalue weighted by Crippen LogP contribution is -2.54. The Balaban J connectivity index is 1.30. The minimum absolute atomic E-state index is 0.239. The average molecular weight is 411 g/mol. The van der Waals surface area contributed by atoms with Gasteiger partial charge in [0.1, 0.15) is 17.7 Å². The molecule has 1 saturated heterocycles. The van der Waals surface area contributed by atoms with Gasteiger partial charge in [-0.2, -0.15) is 4.37 Å². The third-order valence-electron chi connectivity index (χ3n) is 4.87. The number of fused-ring (bicyclic) bond motifs is 1. The Hall–Kier alpha value is -3.20. The molecule has 0 aliphatic carbocycles. The van der Waals surface area contributed by atoms with Crippen molar-refractivity contribution in [2.45, 2.75) is 13.0 Å². The van der Waals surface area contributed by atoms with Crippen molar-refractivity contribution in [3.05, 3.63) is 48.7 Å². The second-order valence-corrected chi connectivity index (χ2v) is 7.66. The van der Waals surface area contributed by atoms with Crippen LogP contribution in [0.3, 0.4) is 0 Å². The van der Waals surface area contributed by atoms with Crippen LogP contribution >= 0.6 is 11.5 Å². The number of hydrogen-bond donors (Lipinski definition) is 2. The predicted molar refractivity (Wildman–Crippen MR) is 114 cm³/mol. The molecule has 29 heavy (non-hydrogen) atoms. The van der Waals surface area contributed by atoms with E-state index >= 15 is 0 Å². The lowest BCUT2D eigenvalue weighted by molar-refractivity contribution is -0.117. The molecule has 150 valence electrons. The van der Waals surface area contributed by atoms with E-state index in [-0.39, 0.29) is 11.9 Å². The number of carbonyl (C=O) groups excluding carboxylic acids is 2. The summed E-state index contributed by atoms with van der Waals surface area (Å²) >= 11 is 1.49. The zero-order valence-electron chi connectivity index (χ0n) is 16.0. The van der Waals surface area contributed by atoms with Gasteiger partial charge in [-0.15, -0.1) is 0 Å². The van der Waals surface area contributed by atoms with Crippen molar-refractivity contribution >= 4 is 45.2 Å². The van der Waals surface area contributed by atoms with Crippen LogP contribution in [0, 0.1) is 0 Å². The predicted octanol–water partition coefficient (Wildman–Crippen LogP) is 2.55. The largest absolute Gasteiger partial charge is 0.352 e. The topological polar surface area (TPSA) is 90.5 Å². The molecule has 0 spiro atoms. The van der Waals surface area contributed by atoms with Crippen LogP contribution < -0.4 is 15.5 Å². The highest BCUT2D eigenvalue weighted by atomic mass is 32.1. The summed E-state index contributed by atoms with van der Waals surface area (Å²) in [5.74, 6) is 1.14. The molecule has 1 aliphatic heterocycles.